The second kappa shape index (κ2) is 31.9. The van der Waals surface area contributed by atoms with E-state index >= 15 is 0 Å². The second-order valence-electron chi connectivity index (χ2n) is 16.2. The maximum atomic E-state index is 11.8. The predicted molar refractivity (Wildman–Crippen MR) is 251 cm³/mol. The zero-order chi connectivity index (χ0) is 45.1. The zero-order valence-corrected chi connectivity index (χ0v) is 41.6. The molecule has 4 rings (SSSR count). The summed E-state index contributed by atoms with van der Waals surface area (Å²) in [5.74, 6) is -0.925. The van der Waals surface area contributed by atoms with Crippen LogP contribution >= 0.6 is 0 Å². The second-order valence-corrected chi connectivity index (χ2v) is 18.9. The number of benzene rings is 4. The molecule has 10 nitrogen and oxygen atoms in total. The van der Waals surface area contributed by atoms with Crippen LogP contribution in [0.25, 0.3) is 0 Å². The van der Waals surface area contributed by atoms with Crippen molar-refractivity contribution in [1.29, 1.82) is 0 Å². The molecule has 0 saturated heterocycles. The first-order valence-electron chi connectivity index (χ1n) is 22.9. The summed E-state index contributed by atoms with van der Waals surface area (Å²) in [6.45, 7) is 4.50. The van der Waals surface area contributed by atoms with Crippen LogP contribution < -0.4 is 14.6 Å². The number of aryl methyl sites for hydroxylation is 2. The summed E-state index contributed by atoms with van der Waals surface area (Å²) >= 11 is 0. The summed E-state index contributed by atoms with van der Waals surface area (Å²) in [6.07, 6.45) is 30.9. The van der Waals surface area contributed by atoms with E-state index in [9.17, 15) is 36.2 Å². The van der Waals surface area contributed by atoms with Crippen LogP contribution in [0, 0.1) is 0 Å². The maximum Gasteiger partial charge on any atom is 2.00 e. The van der Waals surface area contributed by atoms with E-state index < -0.39 is 41.5 Å². The van der Waals surface area contributed by atoms with Crippen LogP contribution in [0.3, 0.4) is 0 Å². The molecule has 2 N–H and O–H groups in total. The van der Waals surface area contributed by atoms with Crippen molar-refractivity contribution in [3.8, 4) is 34.5 Å². The fourth-order valence-electron chi connectivity index (χ4n) is 7.36. The molecule has 13 heteroatoms. The van der Waals surface area contributed by atoms with E-state index in [2.05, 4.69) is 13.8 Å². The first-order chi connectivity index (χ1) is 29.8. The minimum Gasteiger partial charge on any atom is -0.872 e. The number of hydrogen-bond acceptors (Lipinski definition) is 9. The Bertz CT molecular complexity index is 1910. The normalized spacial score (nSPS) is 11.4. The van der Waals surface area contributed by atoms with Gasteiger partial charge in [0.05, 0.1) is 4.90 Å². The Hall–Kier alpha value is -2.84. The van der Waals surface area contributed by atoms with Gasteiger partial charge < -0.3 is 24.2 Å². The summed E-state index contributed by atoms with van der Waals surface area (Å²) in [5, 5.41) is 21.5. The summed E-state index contributed by atoms with van der Waals surface area (Å²) < 4.78 is 77.6. The molecule has 0 aliphatic heterocycles. The Morgan fingerprint density at radius 3 is 1.16 bits per heavy atom. The van der Waals surface area contributed by atoms with Gasteiger partial charge in [0.1, 0.15) is 33.1 Å². The number of ether oxygens (including phenoxy) is 2. The van der Waals surface area contributed by atoms with E-state index in [1.54, 1.807) is 24.3 Å². The van der Waals surface area contributed by atoms with Crippen LogP contribution in [0.15, 0.2) is 94.7 Å². The van der Waals surface area contributed by atoms with Crippen LogP contribution in [-0.4, -0.2) is 68.8 Å². The van der Waals surface area contributed by atoms with Crippen LogP contribution in [0.2, 0.25) is 0 Å². The topological polar surface area (TPSA) is 173 Å². The van der Waals surface area contributed by atoms with E-state index in [0.717, 1.165) is 31.7 Å². The van der Waals surface area contributed by atoms with Crippen molar-refractivity contribution in [3.63, 3.8) is 0 Å². The zero-order valence-electron chi connectivity index (χ0n) is 37.7. The van der Waals surface area contributed by atoms with Gasteiger partial charge in [-0.15, -0.1) is 0 Å². The van der Waals surface area contributed by atoms with Crippen LogP contribution in [0.5, 0.6) is 34.5 Å². The Balaban J connectivity index is 0.000000427. The first-order valence-corrected chi connectivity index (χ1v) is 25.8. The molecule has 0 unspecified atom stereocenters. The summed E-state index contributed by atoms with van der Waals surface area (Å²) in [6, 6.07) is 22.5. The van der Waals surface area contributed by atoms with E-state index in [1.165, 1.54) is 170 Å². The Labute approximate surface area is 408 Å². The van der Waals surface area contributed by atoms with Crippen molar-refractivity contribution in [3.05, 3.63) is 96.1 Å². The fourth-order valence-corrected chi connectivity index (χ4v) is 8.72. The smallest absolute Gasteiger partial charge is 0.872 e. The van der Waals surface area contributed by atoms with Gasteiger partial charge >= 0.3 is 47.9 Å². The Kier molecular flexibility index (Phi) is 28.5. The monoisotopic (exact) mass is 934 g/mol. The van der Waals surface area contributed by atoms with E-state index in [0.29, 0.717) is 11.5 Å². The molecule has 0 atom stereocenters. The van der Waals surface area contributed by atoms with Gasteiger partial charge in [-0.3, -0.25) is 4.55 Å². The minimum absolute atomic E-state index is 0. The number of hydrogen-bond donors (Lipinski definition) is 2. The van der Waals surface area contributed by atoms with Gasteiger partial charge in [0, 0.05) is 0 Å². The van der Waals surface area contributed by atoms with Crippen LogP contribution in [-0.2, 0) is 33.1 Å². The van der Waals surface area contributed by atoms with Crippen molar-refractivity contribution < 1.29 is 45.6 Å². The fraction of sp³-hybridized carbons (Fsp3) is 0.520. The SMILES string of the molecule is CCCCCCCCCCCCCc1ccc(Oc2cccc(O)c2S(=O)(=O)O)cc1.CCCCCCCCCCCCCc1ccc(Oc2cccc([O-])c2S(=O)(=O)[O-])cc1.[Ca+2]. The third kappa shape index (κ3) is 23.3. The summed E-state index contributed by atoms with van der Waals surface area (Å²) in [5.41, 5.74) is 2.38. The average Bonchev–Trinajstić information content (AvgIpc) is 3.22. The average molecular weight is 935 g/mol. The van der Waals surface area contributed by atoms with Crippen molar-refractivity contribution in [1.82, 2.24) is 0 Å². The minimum atomic E-state index is -4.91. The van der Waals surface area contributed by atoms with Crippen molar-refractivity contribution >= 4 is 58.0 Å². The number of unbranched alkanes of at least 4 members (excludes halogenated alkanes) is 20. The van der Waals surface area contributed by atoms with Gasteiger partial charge in [-0.05, 0) is 79.3 Å². The number of phenolic OH excluding ortho intramolecular Hbond substituents is 1. The van der Waals surface area contributed by atoms with E-state index in [4.69, 9.17) is 9.47 Å². The van der Waals surface area contributed by atoms with E-state index in [1.807, 2.05) is 24.3 Å². The van der Waals surface area contributed by atoms with E-state index in [-0.39, 0.29) is 49.2 Å². The molecule has 4 aromatic carbocycles. The molecule has 0 heterocycles. The van der Waals surface area contributed by atoms with Gasteiger partial charge in [-0.25, -0.2) is 8.42 Å². The molecule has 0 radical (unpaired) electrons. The molecule has 63 heavy (non-hydrogen) atoms. The van der Waals surface area contributed by atoms with Gasteiger partial charge in [-0.1, -0.05) is 190 Å². The Morgan fingerprint density at radius 2 is 0.810 bits per heavy atom. The molecule has 4 aromatic rings. The molecule has 344 valence electrons. The van der Waals surface area contributed by atoms with Gasteiger partial charge in [0.25, 0.3) is 0 Å². The molecule has 0 bridgehead atoms. The van der Waals surface area contributed by atoms with Crippen molar-refractivity contribution in [2.45, 2.75) is 178 Å². The molecule has 0 spiro atoms. The number of aromatic hydroxyl groups is 1. The molecule has 0 aromatic heterocycles. The molecule has 0 amide bonds. The molecule has 0 saturated carbocycles. The number of phenols is 1. The van der Waals surface area contributed by atoms with Crippen molar-refractivity contribution in [2.24, 2.45) is 0 Å². The third-order valence-corrected chi connectivity index (χ3v) is 12.7. The number of rotatable bonds is 30. The first kappa shape index (κ1) is 56.3. The molecule has 0 fully saturated rings. The summed E-state index contributed by atoms with van der Waals surface area (Å²) in [4.78, 5) is -1.47. The van der Waals surface area contributed by atoms with Gasteiger partial charge in [0.15, 0.2) is 10.6 Å². The van der Waals surface area contributed by atoms with Gasteiger partial charge in [-0.2, -0.15) is 8.42 Å². The molecular weight excluding hydrogens is 865 g/mol. The molecular formula is C50H70CaO10S2. The van der Waals surface area contributed by atoms with Crippen molar-refractivity contribution in [2.75, 3.05) is 0 Å². The Morgan fingerprint density at radius 1 is 0.476 bits per heavy atom. The quantitative estimate of drug-likeness (QED) is 0.0291. The largest absolute Gasteiger partial charge is 2.00 e. The summed E-state index contributed by atoms with van der Waals surface area (Å²) in [7, 11) is -9.51. The third-order valence-electron chi connectivity index (χ3n) is 10.8. The van der Waals surface area contributed by atoms with Crippen LogP contribution in [0.1, 0.15) is 166 Å². The standard InChI is InChI=1S/2C25H36O5S.Ca/c2*1-2-3-4-5-6-7-8-9-10-11-12-14-21-17-19-22(20-18-21)30-24-16-13-15-23(26)25(24)31(27,28)29;/h2*13,15-20,26H,2-12,14H2,1H3,(H,27,28,29);/q;;+2/p-2. The molecule has 0 aliphatic carbocycles. The van der Waals surface area contributed by atoms with Crippen LogP contribution in [0.4, 0.5) is 0 Å². The predicted octanol–water partition coefficient (Wildman–Crippen LogP) is 13.2. The molecule has 0 aliphatic rings. The maximum absolute atomic E-state index is 11.8. The van der Waals surface area contributed by atoms with Gasteiger partial charge in [0.2, 0.25) is 0 Å².